The molecule has 1 saturated heterocycles. The third-order valence-corrected chi connectivity index (χ3v) is 5.88. The summed E-state index contributed by atoms with van der Waals surface area (Å²) in [6.07, 6.45) is 0. The number of halogens is 1. The van der Waals surface area contributed by atoms with Crippen LogP contribution in [0.5, 0.6) is 0 Å². The zero-order valence-electron chi connectivity index (χ0n) is 13.2. The maximum atomic E-state index is 12.7. The Morgan fingerprint density at radius 3 is 2.52 bits per heavy atom. The highest BCUT2D eigenvalue weighted by Crippen LogP contribution is 2.40. The normalized spacial score (nSPS) is 19.3. The van der Waals surface area contributed by atoms with Gasteiger partial charge in [0.25, 0.3) is 0 Å². The van der Waals surface area contributed by atoms with Crippen molar-refractivity contribution in [3.8, 4) is 0 Å². The predicted molar refractivity (Wildman–Crippen MR) is 91.9 cm³/mol. The molecule has 4 heteroatoms. The molecule has 21 heavy (non-hydrogen) atoms. The van der Waals surface area contributed by atoms with E-state index < -0.39 is 5.41 Å². The lowest BCUT2D eigenvalue weighted by atomic mass is 9.94. The molecule has 0 aromatic heterocycles. The van der Waals surface area contributed by atoms with E-state index in [4.69, 9.17) is 11.6 Å². The first-order chi connectivity index (χ1) is 9.86. The molecule has 0 N–H and O–H groups in total. The molecule has 2 rings (SSSR count). The molecular weight excluding hydrogens is 302 g/mol. The predicted octanol–water partition coefficient (Wildman–Crippen LogP) is 4.65. The van der Waals surface area contributed by atoms with Gasteiger partial charge in [0.05, 0.1) is 5.41 Å². The van der Waals surface area contributed by atoms with Crippen LogP contribution in [0.4, 0.5) is 0 Å². The van der Waals surface area contributed by atoms with Crippen LogP contribution in [0.3, 0.4) is 0 Å². The van der Waals surface area contributed by atoms with Crippen LogP contribution in [0.25, 0.3) is 0 Å². The van der Waals surface area contributed by atoms with E-state index in [0.717, 1.165) is 12.3 Å². The first-order valence-corrected chi connectivity index (χ1v) is 9.03. The van der Waals surface area contributed by atoms with Crippen LogP contribution in [-0.2, 0) is 4.79 Å². The summed E-state index contributed by atoms with van der Waals surface area (Å²) in [6, 6.07) is 8.67. The molecule has 1 aliphatic rings. The lowest BCUT2D eigenvalue weighted by molar-refractivity contribution is -0.139. The maximum Gasteiger partial charge on any atom is 0.230 e. The number of thioether (sulfide) groups is 1. The van der Waals surface area contributed by atoms with Crippen LogP contribution in [0.15, 0.2) is 24.3 Å². The second-order valence-corrected chi connectivity index (χ2v) is 8.02. The third-order valence-electron chi connectivity index (χ3n) is 3.95. The molecule has 1 fully saturated rings. The van der Waals surface area contributed by atoms with Crippen LogP contribution in [0.1, 0.15) is 50.1 Å². The molecule has 2 nitrogen and oxygen atoms in total. The van der Waals surface area contributed by atoms with Gasteiger partial charge in [-0.25, -0.2) is 0 Å². The van der Waals surface area contributed by atoms with Gasteiger partial charge in [0.2, 0.25) is 5.91 Å². The van der Waals surface area contributed by atoms with Crippen molar-refractivity contribution in [2.45, 2.75) is 39.0 Å². The second kappa shape index (κ2) is 6.62. The fraction of sp³-hybridized carbons (Fsp3) is 0.588. The molecule has 0 bridgehead atoms. The van der Waals surface area contributed by atoms with E-state index in [2.05, 4.69) is 38.1 Å². The van der Waals surface area contributed by atoms with Crippen molar-refractivity contribution in [3.05, 3.63) is 35.4 Å². The van der Waals surface area contributed by atoms with Gasteiger partial charge in [0.1, 0.15) is 5.37 Å². The summed E-state index contributed by atoms with van der Waals surface area (Å²) < 4.78 is 0. The zero-order chi connectivity index (χ0) is 15.6. The summed E-state index contributed by atoms with van der Waals surface area (Å²) in [5.74, 6) is 2.02. The first-order valence-electron chi connectivity index (χ1n) is 7.45. The van der Waals surface area contributed by atoms with Crippen molar-refractivity contribution in [1.82, 2.24) is 4.90 Å². The molecule has 0 radical (unpaired) electrons. The van der Waals surface area contributed by atoms with E-state index in [-0.39, 0.29) is 11.3 Å². The summed E-state index contributed by atoms with van der Waals surface area (Å²) in [7, 11) is 0. The van der Waals surface area contributed by atoms with E-state index in [9.17, 15) is 4.79 Å². The van der Waals surface area contributed by atoms with Gasteiger partial charge in [0, 0.05) is 18.2 Å². The molecular formula is C17H24ClNOS. The average molecular weight is 326 g/mol. The van der Waals surface area contributed by atoms with Gasteiger partial charge in [-0.05, 0) is 30.9 Å². The highest BCUT2D eigenvalue weighted by atomic mass is 35.5. The van der Waals surface area contributed by atoms with Crippen molar-refractivity contribution >= 4 is 29.3 Å². The minimum Gasteiger partial charge on any atom is -0.325 e. The minimum absolute atomic E-state index is 0.126. The van der Waals surface area contributed by atoms with E-state index in [1.807, 2.05) is 30.5 Å². The Hall–Kier alpha value is -0.670. The van der Waals surface area contributed by atoms with Crippen LogP contribution in [0, 0.1) is 5.41 Å². The van der Waals surface area contributed by atoms with Gasteiger partial charge in [-0.15, -0.1) is 23.4 Å². The lowest BCUT2D eigenvalue weighted by Gasteiger charge is -2.31. The van der Waals surface area contributed by atoms with Crippen LogP contribution >= 0.6 is 23.4 Å². The highest BCUT2D eigenvalue weighted by Gasteiger charge is 2.38. The van der Waals surface area contributed by atoms with Crippen LogP contribution < -0.4 is 0 Å². The maximum absolute atomic E-state index is 12.7. The van der Waals surface area contributed by atoms with Crippen molar-refractivity contribution in [2.24, 2.45) is 5.41 Å². The fourth-order valence-electron chi connectivity index (χ4n) is 2.45. The van der Waals surface area contributed by atoms with E-state index in [0.29, 0.717) is 11.8 Å². The van der Waals surface area contributed by atoms with E-state index in [1.54, 1.807) is 0 Å². The summed E-state index contributed by atoms with van der Waals surface area (Å²) in [4.78, 5) is 14.7. The van der Waals surface area contributed by atoms with Crippen molar-refractivity contribution in [2.75, 3.05) is 18.2 Å². The lowest BCUT2D eigenvalue weighted by Crippen LogP contribution is -2.41. The molecule has 1 aliphatic heterocycles. The summed E-state index contributed by atoms with van der Waals surface area (Å²) in [6.45, 7) is 9.03. The SMILES string of the molecule is CC(C)c1ccc(C2SCCN2C(=O)C(C)(C)CCl)cc1. The average Bonchev–Trinajstić information content (AvgIpc) is 2.95. The topological polar surface area (TPSA) is 20.3 Å². The largest absolute Gasteiger partial charge is 0.325 e. The number of nitrogens with zero attached hydrogens (tertiary/aromatic N) is 1. The Balaban J connectivity index is 2.20. The Morgan fingerprint density at radius 2 is 2.00 bits per heavy atom. The number of carbonyl (C=O) groups excluding carboxylic acids is 1. The highest BCUT2D eigenvalue weighted by molar-refractivity contribution is 7.99. The molecule has 0 aliphatic carbocycles. The summed E-state index contributed by atoms with van der Waals surface area (Å²) in [5.41, 5.74) is 2.05. The molecule has 1 unspecified atom stereocenters. The monoisotopic (exact) mass is 325 g/mol. The molecule has 1 aromatic carbocycles. The number of amides is 1. The van der Waals surface area contributed by atoms with E-state index >= 15 is 0 Å². The molecule has 1 atom stereocenters. The van der Waals surface area contributed by atoms with Gasteiger partial charge in [-0.3, -0.25) is 4.79 Å². The van der Waals surface area contributed by atoms with Gasteiger partial charge in [-0.2, -0.15) is 0 Å². The van der Waals surface area contributed by atoms with Crippen LogP contribution in [0.2, 0.25) is 0 Å². The minimum atomic E-state index is -0.497. The standard InChI is InChI=1S/C17H24ClNOS/c1-12(2)13-5-7-14(8-6-13)15-19(9-10-21-15)16(20)17(3,4)11-18/h5-8,12,15H,9-11H2,1-4H3. The van der Waals surface area contributed by atoms with Crippen molar-refractivity contribution in [1.29, 1.82) is 0 Å². The number of rotatable bonds is 4. The second-order valence-electron chi connectivity index (χ2n) is 6.56. The number of benzene rings is 1. The molecule has 1 aromatic rings. The summed E-state index contributed by atoms with van der Waals surface area (Å²) in [5, 5.41) is 0.126. The quantitative estimate of drug-likeness (QED) is 0.751. The summed E-state index contributed by atoms with van der Waals surface area (Å²) >= 11 is 7.80. The van der Waals surface area contributed by atoms with Gasteiger partial charge in [-0.1, -0.05) is 38.1 Å². The van der Waals surface area contributed by atoms with E-state index in [1.165, 1.54) is 11.1 Å². The van der Waals surface area contributed by atoms with Gasteiger partial charge >= 0.3 is 0 Å². The number of hydrogen-bond acceptors (Lipinski definition) is 2. The molecule has 0 saturated carbocycles. The van der Waals surface area contributed by atoms with Crippen molar-refractivity contribution < 1.29 is 4.79 Å². The molecule has 1 heterocycles. The van der Waals surface area contributed by atoms with Crippen molar-refractivity contribution in [3.63, 3.8) is 0 Å². The fourth-order valence-corrected chi connectivity index (χ4v) is 3.82. The Bertz CT molecular complexity index is 498. The number of alkyl halides is 1. The molecule has 116 valence electrons. The first kappa shape index (κ1) is 16.7. The number of hydrogen-bond donors (Lipinski definition) is 0. The Labute approximate surface area is 137 Å². The smallest absolute Gasteiger partial charge is 0.230 e. The Morgan fingerprint density at radius 1 is 1.38 bits per heavy atom. The third kappa shape index (κ3) is 3.57. The van der Waals surface area contributed by atoms with Crippen LogP contribution in [-0.4, -0.2) is 29.0 Å². The van der Waals surface area contributed by atoms with Gasteiger partial charge < -0.3 is 4.90 Å². The number of carbonyl (C=O) groups is 1. The Kier molecular flexibility index (Phi) is 5.26. The zero-order valence-corrected chi connectivity index (χ0v) is 14.8. The molecule has 0 spiro atoms. The molecule has 1 amide bonds. The van der Waals surface area contributed by atoms with Gasteiger partial charge in [0.15, 0.2) is 0 Å².